The van der Waals surface area contributed by atoms with E-state index in [4.69, 9.17) is 4.52 Å². The van der Waals surface area contributed by atoms with Gasteiger partial charge in [-0.3, -0.25) is 14.3 Å². The van der Waals surface area contributed by atoms with Crippen LogP contribution in [-0.2, 0) is 21.5 Å². The van der Waals surface area contributed by atoms with Crippen LogP contribution in [0.2, 0.25) is 0 Å². The van der Waals surface area contributed by atoms with E-state index in [0.717, 1.165) is 19.5 Å². The molecule has 138 valence electrons. The van der Waals surface area contributed by atoms with Crippen molar-refractivity contribution in [2.75, 3.05) is 26.2 Å². The first kappa shape index (κ1) is 16.7. The highest BCUT2D eigenvalue weighted by molar-refractivity contribution is 5.86. The molecule has 4 rings (SSSR count). The molecule has 0 aromatic carbocycles. The highest BCUT2D eigenvalue weighted by Gasteiger charge is 2.47. The van der Waals surface area contributed by atoms with Gasteiger partial charge in [0.25, 0.3) is 5.91 Å². The molecule has 2 aromatic heterocycles. The third kappa shape index (κ3) is 2.87. The Morgan fingerprint density at radius 3 is 2.50 bits per heavy atom. The van der Waals surface area contributed by atoms with E-state index < -0.39 is 5.54 Å². The molecule has 0 atom stereocenters. The first-order valence-electron chi connectivity index (χ1n) is 8.95. The number of rotatable bonds is 4. The molecule has 0 saturated carbocycles. The number of aromatic nitrogens is 4. The molecule has 9 heteroatoms. The molecule has 26 heavy (non-hydrogen) atoms. The van der Waals surface area contributed by atoms with Crippen molar-refractivity contribution in [2.45, 2.75) is 38.1 Å². The van der Waals surface area contributed by atoms with E-state index in [0.29, 0.717) is 37.6 Å². The molecule has 0 radical (unpaired) electrons. The Hall–Kier alpha value is -2.71. The summed E-state index contributed by atoms with van der Waals surface area (Å²) < 4.78 is 6.81. The molecule has 2 saturated heterocycles. The van der Waals surface area contributed by atoms with Gasteiger partial charge in [0.2, 0.25) is 11.8 Å². The fourth-order valence-electron chi connectivity index (χ4n) is 3.66. The van der Waals surface area contributed by atoms with Crippen molar-refractivity contribution < 1.29 is 14.1 Å². The molecule has 2 aliphatic heterocycles. The number of likely N-dealkylation sites (tertiary alicyclic amines) is 2. The second-order valence-electron chi connectivity index (χ2n) is 6.92. The number of nitrogens with zero attached hydrogens (tertiary/aromatic N) is 6. The van der Waals surface area contributed by atoms with Gasteiger partial charge >= 0.3 is 0 Å². The van der Waals surface area contributed by atoms with Crippen molar-refractivity contribution in [3.8, 4) is 0 Å². The van der Waals surface area contributed by atoms with E-state index >= 15 is 0 Å². The number of hydrogen-bond donors (Lipinski definition) is 0. The van der Waals surface area contributed by atoms with E-state index in [1.807, 2.05) is 17.2 Å². The molecule has 4 heterocycles. The van der Waals surface area contributed by atoms with Crippen molar-refractivity contribution in [3.05, 3.63) is 30.2 Å². The van der Waals surface area contributed by atoms with Crippen LogP contribution >= 0.6 is 0 Å². The monoisotopic (exact) mass is 358 g/mol. The fourth-order valence-corrected chi connectivity index (χ4v) is 3.66. The van der Waals surface area contributed by atoms with Crippen molar-refractivity contribution in [1.29, 1.82) is 0 Å². The summed E-state index contributed by atoms with van der Waals surface area (Å²) in [7, 11) is 0. The molecule has 0 unspecified atom stereocenters. The topological polar surface area (TPSA) is 97.4 Å². The lowest BCUT2D eigenvalue weighted by atomic mass is 9.85. The first-order valence-corrected chi connectivity index (χ1v) is 8.95. The second-order valence-corrected chi connectivity index (χ2v) is 6.92. The van der Waals surface area contributed by atoms with Crippen LogP contribution in [0.25, 0.3) is 0 Å². The van der Waals surface area contributed by atoms with Crippen LogP contribution in [0.15, 0.2) is 23.0 Å². The summed E-state index contributed by atoms with van der Waals surface area (Å²) in [6, 6.07) is 1.83. The standard InChI is InChI=1S/C17H22N6O3/c1-13-19-14(26-20-13)12-15(24)21-10-4-17(5-11-21,23-9-2-6-18-23)16(25)22-7-3-8-22/h2,6,9H,3-5,7-8,10-12H2,1H3. The molecule has 0 aliphatic carbocycles. The van der Waals surface area contributed by atoms with Crippen LogP contribution in [-0.4, -0.2) is 67.7 Å². The predicted octanol–water partition coefficient (Wildman–Crippen LogP) is 0.367. The summed E-state index contributed by atoms with van der Waals surface area (Å²) in [5.74, 6) is 0.906. The maximum absolute atomic E-state index is 13.1. The Morgan fingerprint density at radius 1 is 1.19 bits per heavy atom. The molecule has 2 fully saturated rings. The average molecular weight is 358 g/mol. The minimum atomic E-state index is -0.693. The van der Waals surface area contributed by atoms with Gasteiger partial charge in [-0.25, -0.2) is 0 Å². The molecule has 2 aromatic rings. The van der Waals surface area contributed by atoms with Crippen molar-refractivity contribution in [2.24, 2.45) is 0 Å². The van der Waals surface area contributed by atoms with Gasteiger partial charge in [0.1, 0.15) is 12.0 Å². The number of carbonyl (C=O) groups excluding carboxylic acids is 2. The summed E-state index contributed by atoms with van der Waals surface area (Å²) in [6.07, 6.45) is 5.79. The highest BCUT2D eigenvalue weighted by atomic mass is 16.5. The maximum atomic E-state index is 13.1. The lowest BCUT2D eigenvalue weighted by Crippen LogP contribution is -2.59. The summed E-state index contributed by atoms with van der Waals surface area (Å²) in [6.45, 7) is 4.34. The predicted molar refractivity (Wildman–Crippen MR) is 90.0 cm³/mol. The number of hydrogen-bond acceptors (Lipinski definition) is 6. The summed E-state index contributed by atoms with van der Waals surface area (Å²) in [5, 5.41) is 8.06. The van der Waals surface area contributed by atoms with Gasteiger partial charge in [-0.05, 0) is 32.3 Å². The molecule has 9 nitrogen and oxygen atoms in total. The summed E-state index contributed by atoms with van der Waals surface area (Å²) in [4.78, 5) is 33.4. The molecular formula is C17H22N6O3. The van der Waals surface area contributed by atoms with Crippen LogP contribution in [0.1, 0.15) is 31.0 Å². The zero-order chi connectivity index (χ0) is 18.1. The molecular weight excluding hydrogens is 336 g/mol. The Kier molecular flexibility index (Phi) is 4.21. The number of aryl methyl sites for hydroxylation is 1. The van der Waals surface area contributed by atoms with Crippen molar-refractivity contribution in [3.63, 3.8) is 0 Å². The van der Waals surface area contributed by atoms with Gasteiger partial charge in [0.15, 0.2) is 5.82 Å². The van der Waals surface area contributed by atoms with Gasteiger partial charge in [0, 0.05) is 38.6 Å². The SMILES string of the molecule is Cc1noc(CC(=O)N2CCC(C(=O)N3CCC3)(n3cccn3)CC2)n1. The van der Waals surface area contributed by atoms with Gasteiger partial charge in [0.05, 0.1) is 0 Å². The van der Waals surface area contributed by atoms with Crippen LogP contribution in [0.4, 0.5) is 0 Å². The first-order chi connectivity index (χ1) is 12.6. The van der Waals surface area contributed by atoms with Crippen LogP contribution in [0.5, 0.6) is 0 Å². The summed E-state index contributed by atoms with van der Waals surface area (Å²) >= 11 is 0. The Balaban J connectivity index is 1.47. The fraction of sp³-hybridized carbons (Fsp3) is 0.588. The minimum Gasteiger partial charge on any atom is -0.342 e. The quantitative estimate of drug-likeness (QED) is 0.783. The van der Waals surface area contributed by atoms with E-state index in [9.17, 15) is 9.59 Å². The van der Waals surface area contributed by atoms with Gasteiger partial charge < -0.3 is 14.3 Å². The molecule has 0 spiro atoms. The van der Waals surface area contributed by atoms with Crippen molar-refractivity contribution in [1.82, 2.24) is 29.7 Å². The van der Waals surface area contributed by atoms with E-state index in [2.05, 4.69) is 15.2 Å². The highest BCUT2D eigenvalue weighted by Crippen LogP contribution is 2.33. The van der Waals surface area contributed by atoms with Crippen molar-refractivity contribution >= 4 is 11.8 Å². The molecule has 0 N–H and O–H groups in total. The Bertz CT molecular complexity index is 787. The largest absolute Gasteiger partial charge is 0.342 e. The lowest BCUT2D eigenvalue weighted by molar-refractivity contribution is -0.150. The zero-order valence-corrected chi connectivity index (χ0v) is 14.8. The Labute approximate surface area is 150 Å². The summed E-state index contributed by atoms with van der Waals surface area (Å²) in [5.41, 5.74) is -0.693. The van der Waals surface area contributed by atoms with Crippen LogP contribution < -0.4 is 0 Å². The average Bonchev–Trinajstić information content (AvgIpc) is 3.25. The normalized spacial score (nSPS) is 19.3. The molecule has 0 bridgehead atoms. The maximum Gasteiger partial charge on any atom is 0.250 e. The third-order valence-electron chi connectivity index (χ3n) is 5.30. The Morgan fingerprint density at radius 2 is 1.96 bits per heavy atom. The second kappa shape index (κ2) is 6.54. The number of amides is 2. The van der Waals surface area contributed by atoms with Crippen LogP contribution in [0.3, 0.4) is 0 Å². The van der Waals surface area contributed by atoms with Gasteiger partial charge in [-0.1, -0.05) is 5.16 Å². The smallest absolute Gasteiger partial charge is 0.250 e. The minimum absolute atomic E-state index is 0.0564. The van der Waals surface area contributed by atoms with Crippen LogP contribution in [0, 0.1) is 6.92 Å². The van der Waals surface area contributed by atoms with E-state index in [-0.39, 0.29) is 18.2 Å². The number of piperidine rings is 1. The number of carbonyl (C=O) groups is 2. The molecule has 2 amide bonds. The lowest BCUT2D eigenvalue weighted by Gasteiger charge is -2.45. The van der Waals surface area contributed by atoms with Gasteiger partial charge in [-0.15, -0.1) is 0 Å². The molecule has 2 aliphatic rings. The van der Waals surface area contributed by atoms with E-state index in [1.54, 1.807) is 22.7 Å². The van der Waals surface area contributed by atoms with Gasteiger partial charge in [-0.2, -0.15) is 10.1 Å². The third-order valence-corrected chi connectivity index (χ3v) is 5.30. The van der Waals surface area contributed by atoms with E-state index in [1.165, 1.54) is 0 Å². The zero-order valence-electron chi connectivity index (χ0n) is 14.8.